The Morgan fingerprint density at radius 2 is 1.21 bits per heavy atom. The summed E-state index contributed by atoms with van der Waals surface area (Å²) in [6, 6.07) is 0. The molecular formula is C48H80O19. The molecule has 19 nitrogen and oxygen atoms in total. The number of aliphatic hydroxyl groups is 12. The first kappa shape index (κ1) is 53.5. The van der Waals surface area contributed by atoms with Gasteiger partial charge in [0.25, 0.3) is 0 Å². The first-order valence-corrected chi connectivity index (χ1v) is 24.4. The van der Waals surface area contributed by atoms with Crippen LogP contribution in [0.15, 0.2) is 11.6 Å². The maximum Gasteiger partial charge on any atom is 0.187 e. The van der Waals surface area contributed by atoms with Gasteiger partial charge in [0, 0.05) is 17.3 Å². The molecule has 67 heavy (non-hydrogen) atoms. The molecule has 4 aliphatic carbocycles. The summed E-state index contributed by atoms with van der Waals surface area (Å²) >= 11 is 0. The lowest BCUT2D eigenvalue weighted by molar-refractivity contribution is -0.375. The summed E-state index contributed by atoms with van der Waals surface area (Å²) in [5.74, 6) is 0.405. The van der Waals surface area contributed by atoms with E-state index in [1.165, 1.54) is 0 Å². The molecule has 7 rings (SSSR count). The molecule has 0 aromatic carbocycles. The van der Waals surface area contributed by atoms with E-state index in [1.807, 2.05) is 0 Å². The molecule has 24 atom stereocenters. The van der Waals surface area contributed by atoms with Crippen LogP contribution in [0.25, 0.3) is 0 Å². The number of rotatable bonds is 14. The predicted octanol–water partition coefficient (Wildman–Crippen LogP) is -0.848. The van der Waals surface area contributed by atoms with E-state index in [4.69, 9.17) is 28.4 Å². The number of ketones is 1. The van der Waals surface area contributed by atoms with Crippen molar-refractivity contribution in [1.82, 2.24) is 0 Å². The smallest absolute Gasteiger partial charge is 0.187 e. The van der Waals surface area contributed by atoms with Crippen molar-refractivity contribution in [3.8, 4) is 0 Å². The topological polar surface area (TPSA) is 315 Å². The summed E-state index contributed by atoms with van der Waals surface area (Å²) in [6.07, 6.45) is -17.4. The van der Waals surface area contributed by atoms with E-state index in [0.29, 0.717) is 32.1 Å². The van der Waals surface area contributed by atoms with E-state index in [0.717, 1.165) is 18.4 Å². The van der Waals surface area contributed by atoms with Gasteiger partial charge < -0.3 is 89.7 Å². The third-order valence-electron chi connectivity index (χ3n) is 18.4. The molecule has 1 unspecified atom stereocenters. The number of Topliss-reactive ketones (excluding diaryl/α,β-unsaturated/α-hetero) is 1. The van der Waals surface area contributed by atoms with Crippen LogP contribution in [0.5, 0.6) is 0 Å². The molecule has 12 N–H and O–H groups in total. The summed E-state index contributed by atoms with van der Waals surface area (Å²) in [4.78, 5) is 15.0. The van der Waals surface area contributed by atoms with Gasteiger partial charge in [-0.05, 0) is 93.3 Å². The first-order valence-electron chi connectivity index (χ1n) is 24.4. The summed E-state index contributed by atoms with van der Waals surface area (Å²) in [7, 11) is 0. The molecule has 3 aliphatic heterocycles. The fraction of sp³-hybridized carbons (Fsp3) is 0.938. The standard InChI is InChI=1S/C48H80O19/c1-21(9-13-31(45(4,5)61)66-43-40(37(58)34(55)27(20-51)64-43)67-42-39(60)36(57)33(54)26(19-50)63-42)22-15-16-46(6)28-12-10-23-24(48(28,8)29(52)17-47(22,46)7)11-14-30(44(23,2)3)65-41-38(59)35(56)32(53)25(18-49)62-41/h10,21-22,24-28,30-43,49-51,53-61H,9,11-20H2,1-8H3/t21-,22-,24-,25-,26-,27-,28+,30+,31-,32-,33-,34-,35+,36+,37+,38-,39-,40-,41+,42?,43+,46+,47-,48+/m1/s1. The predicted molar refractivity (Wildman–Crippen MR) is 234 cm³/mol. The molecule has 0 bridgehead atoms. The van der Waals surface area contributed by atoms with Gasteiger partial charge in [-0.2, -0.15) is 0 Å². The van der Waals surface area contributed by atoms with Crippen LogP contribution in [0, 0.1) is 45.3 Å². The number of ether oxygens (including phenoxy) is 6. The number of allylic oxidation sites excluding steroid dienone is 1. The summed E-state index contributed by atoms with van der Waals surface area (Å²) < 4.78 is 35.9. The molecule has 6 fully saturated rings. The maximum atomic E-state index is 15.0. The molecule has 3 heterocycles. The lowest BCUT2D eigenvalue weighted by Gasteiger charge is -2.65. The second-order valence-electron chi connectivity index (χ2n) is 22.8. The second kappa shape index (κ2) is 19.6. The monoisotopic (exact) mass is 961 g/mol. The Hall–Kier alpha value is -1.31. The zero-order valence-corrected chi connectivity index (χ0v) is 40.2. The van der Waals surface area contributed by atoms with Crippen LogP contribution >= 0.6 is 0 Å². The molecule has 7 aliphatic rings. The number of carbonyl (C=O) groups is 1. The normalized spacial score (nSPS) is 49.9. The SMILES string of the molecule is C[C@H](CC[C@@H](O[C@@H]1O[C@H](CO)[C@@H](O)[C@H](O)[C@H]1OC1O[C@H](CO)[C@@H](O)[C@H](O)[C@H]1O)C(C)(C)O)[C@H]1CC[C@@]2(C)[C@@H]3CC=C4[C@@H](CC[C@H](O[C@@H]5O[C@H](CO)[C@@H](O)[C@H](O)[C@H]5O)C4(C)C)[C@]3(C)C(=O)C[C@]12C. The Bertz CT molecular complexity index is 1750. The number of fused-ring (bicyclic) bond motifs is 5. The second-order valence-corrected chi connectivity index (χ2v) is 22.8. The van der Waals surface area contributed by atoms with E-state index < -0.39 is 141 Å². The molecule has 0 amide bonds. The summed E-state index contributed by atoms with van der Waals surface area (Å²) in [5, 5.41) is 126. The number of carbonyl (C=O) groups excluding carboxylic acids is 1. The highest BCUT2D eigenvalue weighted by atomic mass is 16.8. The molecule has 0 radical (unpaired) electrons. The van der Waals surface area contributed by atoms with Gasteiger partial charge in [-0.1, -0.05) is 53.2 Å². The van der Waals surface area contributed by atoms with Crippen molar-refractivity contribution >= 4 is 5.78 Å². The van der Waals surface area contributed by atoms with E-state index in [1.54, 1.807) is 13.8 Å². The quantitative estimate of drug-likeness (QED) is 0.0944. The number of hydrogen-bond donors (Lipinski definition) is 12. The van der Waals surface area contributed by atoms with Gasteiger partial charge in [0.2, 0.25) is 0 Å². The summed E-state index contributed by atoms with van der Waals surface area (Å²) in [5.41, 5.74) is -2.17. The van der Waals surface area contributed by atoms with E-state index in [9.17, 15) is 61.3 Å². The Morgan fingerprint density at radius 3 is 1.75 bits per heavy atom. The summed E-state index contributed by atoms with van der Waals surface area (Å²) in [6.45, 7) is 14.2. The van der Waals surface area contributed by atoms with Crippen molar-refractivity contribution in [1.29, 1.82) is 0 Å². The molecule has 0 aromatic rings. The third-order valence-corrected chi connectivity index (χ3v) is 18.4. The van der Waals surface area contributed by atoms with Gasteiger partial charge in [-0.3, -0.25) is 4.79 Å². The van der Waals surface area contributed by atoms with Gasteiger partial charge in [0.15, 0.2) is 18.9 Å². The highest BCUT2D eigenvalue weighted by Crippen LogP contribution is 2.74. The van der Waals surface area contributed by atoms with Crippen molar-refractivity contribution in [3.05, 3.63) is 11.6 Å². The van der Waals surface area contributed by atoms with Crippen molar-refractivity contribution in [2.24, 2.45) is 45.3 Å². The third kappa shape index (κ3) is 9.04. The minimum Gasteiger partial charge on any atom is -0.394 e. The largest absolute Gasteiger partial charge is 0.394 e. The molecule has 0 spiro atoms. The first-order chi connectivity index (χ1) is 31.2. The lowest BCUT2D eigenvalue weighted by Crippen LogP contribution is -2.65. The lowest BCUT2D eigenvalue weighted by atomic mass is 9.38. The average Bonchev–Trinajstić information content (AvgIpc) is 3.54. The Kier molecular flexibility index (Phi) is 15.7. The molecule has 386 valence electrons. The van der Waals surface area contributed by atoms with Crippen molar-refractivity contribution in [2.45, 2.75) is 217 Å². The maximum absolute atomic E-state index is 15.0. The van der Waals surface area contributed by atoms with Gasteiger partial charge in [0.05, 0.1) is 37.6 Å². The minimum atomic E-state index is -1.84. The fourth-order valence-corrected chi connectivity index (χ4v) is 14.0. The molecule has 19 heteroatoms. The van der Waals surface area contributed by atoms with Crippen LogP contribution in [0.3, 0.4) is 0 Å². The van der Waals surface area contributed by atoms with Crippen molar-refractivity contribution in [3.63, 3.8) is 0 Å². The van der Waals surface area contributed by atoms with Crippen LogP contribution in [-0.2, 0) is 33.2 Å². The molecule has 0 aromatic heterocycles. The molecule has 3 saturated heterocycles. The van der Waals surface area contributed by atoms with Crippen LogP contribution < -0.4 is 0 Å². The van der Waals surface area contributed by atoms with Crippen LogP contribution in [-0.4, -0.2) is 197 Å². The minimum absolute atomic E-state index is 0.0482. The van der Waals surface area contributed by atoms with E-state index >= 15 is 4.79 Å². The Balaban J connectivity index is 1.06. The average molecular weight is 961 g/mol. The number of hydrogen-bond acceptors (Lipinski definition) is 19. The van der Waals surface area contributed by atoms with E-state index in [-0.39, 0.29) is 46.7 Å². The highest BCUT2D eigenvalue weighted by Gasteiger charge is 2.70. The van der Waals surface area contributed by atoms with Gasteiger partial charge in [-0.25, -0.2) is 0 Å². The molecular weight excluding hydrogens is 881 g/mol. The van der Waals surface area contributed by atoms with Crippen LogP contribution in [0.1, 0.15) is 107 Å². The highest BCUT2D eigenvalue weighted by molar-refractivity contribution is 5.88. The van der Waals surface area contributed by atoms with Gasteiger partial charge in [0.1, 0.15) is 79.0 Å². The zero-order valence-electron chi connectivity index (χ0n) is 40.2. The Labute approximate surface area is 393 Å². The van der Waals surface area contributed by atoms with Gasteiger partial charge >= 0.3 is 0 Å². The Morgan fingerprint density at radius 1 is 0.687 bits per heavy atom. The van der Waals surface area contributed by atoms with Crippen molar-refractivity contribution in [2.75, 3.05) is 19.8 Å². The van der Waals surface area contributed by atoms with Crippen LogP contribution in [0.4, 0.5) is 0 Å². The van der Waals surface area contributed by atoms with E-state index in [2.05, 4.69) is 47.6 Å². The zero-order chi connectivity index (χ0) is 49.5. The molecule has 3 saturated carbocycles. The van der Waals surface area contributed by atoms with Crippen molar-refractivity contribution < 1.29 is 94.5 Å². The fourth-order valence-electron chi connectivity index (χ4n) is 14.0. The number of aliphatic hydroxyl groups excluding tert-OH is 11. The van der Waals surface area contributed by atoms with Crippen LogP contribution in [0.2, 0.25) is 0 Å². The van der Waals surface area contributed by atoms with Gasteiger partial charge in [-0.15, -0.1) is 0 Å².